The molecular weight excluding hydrogens is 301 g/mol. The molecule has 20 heavy (non-hydrogen) atoms. The lowest BCUT2D eigenvalue weighted by atomic mass is 10.0. The monoisotopic (exact) mass is 317 g/mol. The number of aliphatic hydroxyl groups is 1. The van der Waals surface area contributed by atoms with Gasteiger partial charge in [0.1, 0.15) is 6.10 Å². The summed E-state index contributed by atoms with van der Waals surface area (Å²) in [5, 5.41) is 13.6. The Kier molecular flexibility index (Phi) is 5.27. The molecule has 2 N–H and O–H groups in total. The molecule has 1 fully saturated rings. The normalized spacial score (nSPS) is 23.6. The molecule has 6 heteroatoms. The van der Waals surface area contributed by atoms with E-state index in [0.717, 1.165) is 6.42 Å². The zero-order chi connectivity index (χ0) is 14.7. The molecule has 3 atom stereocenters. The first-order valence-electron chi connectivity index (χ1n) is 6.51. The fourth-order valence-corrected chi connectivity index (χ4v) is 2.74. The Labute approximate surface area is 128 Å². The maximum atomic E-state index is 11.9. The van der Waals surface area contributed by atoms with Crippen LogP contribution in [0.25, 0.3) is 0 Å². The number of carbonyl (C=O) groups excluding carboxylic acids is 1. The summed E-state index contributed by atoms with van der Waals surface area (Å²) in [6.07, 6.45) is -0.424. The Morgan fingerprint density at radius 3 is 2.90 bits per heavy atom. The number of hydrogen-bond donors (Lipinski definition) is 2. The van der Waals surface area contributed by atoms with Crippen molar-refractivity contribution in [3.8, 4) is 0 Å². The first-order valence-corrected chi connectivity index (χ1v) is 7.27. The van der Waals surface area contributed by atoms with E-state index in [2.05, 4.69) is 5.32 Å². The van der Waals surface area contributed by atoms with Gasteiger partial charge in [-0.15, -0.1) is 0 Å². The molecule has 1 aromatic rings. The molecule has 0 radical (unpaired) electrons. The van der Waals surface area contributed by atoms with Crippen molar-refractivity contribution in [3.05, 3.63) is 33.8 Å². The van der Waals surface area contributed by atoms with Crippen LogP contribution in [0.15, 0.2) is 18.2 Å². The molecule has 1 saturated heterocycles. The molecule has 0 aliphatic carbocycles. The van der Waals surface area contributed by atoms with Gasteiger partial charge in [0, 0.05) is 28.8 Å². The van der Waals surface area contributed by atoms with Gasteiger partial charge in [-0.25, -0.2) is 0 Å². The molecule has 110 valence electrons. The molecule has 0 bridgehead atoms. The van der Waals surface area contributed by atoms with Crippen molar-refractivity contribution < 1.29 is 14.6 Å². The summed E-state index contributed by atoms with van der Waals surface area (Å²) in [5.74, 6) is 0.00500. The van der Waals surface area contributed by atoms with Crippen molar-refractivity contribution in [2.45, 2.75) is 25.6 Å². The van der Waals surface area contributed by atoms with Crippen molar-refractivity contribution in [2.24, 2.45) is 5.92 Å². The van der Waals surface area contributed by atoms with E-state index in [0.29, 0.717) is 22.2 Å². The molecule has 1 aromatic carbocycles. The number of carbonyl (C=O) groups is 1. The minimum absolute atomic E-state index is 0.0900. The number of hydrogen-bond acceptors (Lipinski definition) is 3. The Hall–Kier alpha value is -0.810. The Balaban J connectivity index is 1.91. The van der Waals surface area contributed by atoms with E-state index in [1.54, 1.807) is 18.2 Å². The quantitative estimate of drug-likeness (QED) is 0.897. The highest BCUT2D eigenvalue weighted by atomic mass is 35.5. The third-order valence-corrected chi connectivity index (χ3v) is 4.00. The van der Waals surface area contributed by atoms with Crippen LogP contribution in [0, 0.1) is 5.92 Å². The van der Waals surface area contributed by atoms with Gasteiger partial charge in [-0.2, -0.15) is 0 Å². The average Bonchev–Trinajstić information content (AvgIpc) is 2.82. The predicted molar refractivity (Wildman–Crippen MR) is 78.0 cm³/mol. The maximum Gasteiger partial charge on any atom is 0.249 e. The molecular formula is C14H17Cl2NO3. The van der Waals surface area contributed by atoms with Gasteiger partial charge < -0.3 is 15.2 Å². The lowest BCUT2D eigenvalue weighted by Crippen LogP contribution is -2.39. The predicted octanol–water partition coefficient (Wildman–Crippen LogP) is 2.57. The van der Waals surface area contributed by atoms with Crippen LogP contribution in [0.5, 0.6) is 0 Å². The fraction of sp³-hybridized carbons (Fsp3) is 0.500. The van der Waals surface area contributed by atoms with E-state index >= 15 is 0 Å². The van der Waals surface area contributed by atoms with Gasteiger partial charge >= 0.3 is 0 Å². The minimum Gasteiger partial charge on any atom is -0.387 e. The number of amides is 1. The maximum absolute atomic E-state index is 11.9. The molecule has 1 aliphatic rings. The number of aliphatic hydroxyl groups excluding tert-OH is 1. The van der Waals surface area contributed by atoms with Crippen molar-refractivity contribution in [1.82, 2.24) is 5.32 Å². The van der Waals surface area contributed by atoms with Crippen molar-refractivity contribution in [2.75, 3.05) is 13.2 Å². The number of halogens is 2. The molecule has 3 unspecified atom stereocenters. The molecule has 2 rings (SSSR count). The zero-order valence-electron chi connectivity index (χ0n) is 11.1. The third-order valence-electron chi connectivity index (χ3n) is 3.44. The number of ether oxygens (including phenoxy) is 1. The zero-order valence-corrected chi connectivity index (χ0v) is 12.6. The summed E-state index contributed by atoms with van der Waals surface area (Å²) in [6, 6.07) is 4.86. The van der Waals surface area contributed by atoms with Crippen LogP contribution < -0.4 is 5.32 Å². The average molecular weight is 318 g/mol. The van der Waals surface area contributed by atoms with E-state index < -0.39 is 12.2 Å². The van der Waals surface area contributed by atoms with Gasteiger partial charge in [0.2, 0.25) is 5.91 Å². The van der Waals surface area contributed by atoms with Gasteiger partial charge in [0.05, 0.1) is 6.10 Å². The van der Waals surface area contributed by atoms with E-state index in [1.165, 1.54) is 0 Å². The van der Waals surface area contributed by atoms with Gasteiger partial charge in [0.25, 0.3) is 0 Å². The molecule has 0 aromatic heterocycles. The van der Waals surface area contributed by atoms with Crippen LogP contribution in [0.2, 0.25) is 10.0 Å². The highest BCUT2D eigenvalue weighted by molar-refractivity contribution is 6.35. The van der Waals surface area contributed by atoms with Crippen molar-refractivity contribution >= 4 is 29.1 Å². The highest BCUT2D eigenvalue weighted by Crippen LogP contribution is 2.26. The minimum atomic E-state index is -0.875. The summed E-state index contributed by atoms with van der Waals surface area (Å²) in [6.45, 7) is 2.67. The van der Waals surface area contributed by atoms with Crippen LogP contribution in [-0.2, 0) is 9.53 Å². The first kappa shape index (κ1) is 15.6. The van der Waals surface area contributed by atoms with Crippen LogP contribution in [-0.4, -0.2) is 30.3 Å². The second kappa shape index (κ2) is 6.76. The Bertz CT molecular complexity index is 495. The van der Waals surface area contributed by atoms with E-state index in [1.807, 2.05) is 6.92 Å². The smallest absolute Gasteiger partial charge is 0.249 e. The summed E-state index contributed by atoms with van der Waals surface area (Å²) < 4.78 is 5.37. The van der Waals surface area contributed by atoms with Gasteiger partial charge in [-0.05, 0) is 24.5 Å². The topological polar surface area (TPSA) is 58.6 Å². The molecule has 0 saturated carbocycles. The second-order valence-corrected chi connectivity index (χ2v) is 5.83. The summed E-state index contributed by atoms with van der Waals surface area (Å²) >= 11 is 11.8. The fourth-order valence-electron chi connectivity index (χ4n) is 2.21. The van der Waals surface area contributed by atoms with Crippen LogP contribution in [0.3, 0.4) is 0 Å². The van der Waals surface area contributed by atoms with Crippen LogP contribution >= 0.6 is 23.2 Å². The van der Waals surface area contributed by atoms with E-state index in [9.17, 15) is 9.90 Å². The van der Waals surface area contributed by atoms with Gasteiger partial charge in [-0.1, -0.05) is 36.2 Å². The molecule has 1 aliphatic heterocycles. The Morgan fingerprint density at radius 2 is 2.30 bits per heavy atom. The van der Waals surface area contributed by atoms with Gasteiger partial charge in [-0.3, -0.25) is 4.79 Å². The molecule has 1 amide bonds. The third kappa shape index (κ3) is 3.64. The molecule has 4 nitrogen and oxygen atoms in total. The SMILES string of the molecule is CC1CCOC1C(=O)NCC(O)c1ccc(Cl)cc1Cl. The highest BCUT2D eigenvalue weighted by Gasteiger charge is 2.31. The van der Waals surface area contributed by atoms with Crippen molar-refractivity contribution in [1.29, 1.82) is 0 Å². The number of nitrogens with one attached hydrogen (secondary N) is 1. The second-order valence-electron chi connectivity index (χ2n) is 4.98. The Morgan fingerprint density at radius 1 is 1.55 bits per heavy atom. The van der Waals surface area contributed by atoms with Gasteiger partial charge in [0.15, 0.2) is 0 Å². The van der Waals surface area contributed by atoms with Crippen LogP contribution in [0.4, 0.5) is 0 Å². The lowest BCUT2D eigenvalue weighted by Gasteiger charge is -2.17. The van der Waals surface area contributed by atoms with E-state index in [4.69, 9.17) is 27.9 Å². The molecule has 0 spiro atoms. The number of benzene rings is 1. The van der Waals surface area contributed by atoms with E-state index in [-0.39, 0.29) is 18.4 Å². The summed E-state index contributed by atoms with van der Waals surface area (Å²) in [7, 11) is 0. The summed E-state index contributed by atoms with van der Waals surface area (Å²) in [4.78, 5) is 11.9. The summed E-state index contributed by atoms with van der Waals surface area (Å²) in [5.41, 5.74) is 0.539. The lowest BCUT2D eigenvalue weighted by molar-refractivity contribution is -0.131. The van der Waals surface area contributed by atoms with Crippen molar-refractivity contribution in [3.63, 3.8) is 0 Å². The molecule has 1 heterocycles. The first-order chi connectivity index (χ1) is 9.49. The van der Waals surface area contributed by atoms with Crippen LogP contribution in [0.1, 0.15) is 25.0 Å². The standard InChI is InChI=1S/C14H17Cl2NO3/c1-8-4-5-20-13(8)14(19)17-7-12(18)10-3-2-9(15)6-11(10)16/h2-3,6,8,12-13,18H,4-5,7H2,1H3,(H,17,19). The number of rotatable bonds is 4. The largest absolute Gasteiger partial charge is 0.387 e.